The van der Waals surface area contributed by atoms with Gasteiger partial charge in [-0.1, -0.05) is 24.3 Å². The van der Waals surface area contributed by atoms with Gasteiger partial charge in [0.15, 0.2) is 0 Å². The van der Waals surface area contributed by atoms with Gasteiger partial charge < -0.3 is 4.98 Å². The van der Waals surface area contributed by atoms with Gasteiger partial charge in [0.25, 0.3) is 5.91 Å². The quantitative estimate of drug-likeness (QED) is 0.681. The van der Waals surface area contributed by atoms with E-state index in [1.807, 2.05) is 0 Å². The van der Waals surface area contributed by atoms with Crippen LogP contribution < -0.4 is 4.90 Å². The third kappa shape index (κ3) is 2.57. The van der Waals surface area contributed by atoms with Crippen LogP contribution in [0.2, 0.25) is 0 Å². The van der Waals surface area contributed by atoms with E-state index in [9.17, 15) is 18.0 Å². The van der Waals surface area contributed by atoms with Gasteiger partial charge in [-0.25, -0.2) is 4.98 Å². The average molecular weight is 355 g/mol. The maximum atomic E-state index is 13.6. The highest BCUT2D eigenvalue weighted by atomic mass is 19.4. The number of H-pyrrole nitrogens is 1. The smallest absolute Gasteiger partial charge is 0.345 e. The SMILES string of the molecule is O=C1C(=Cc2ncc[nH]2)c2c(cccc2C(F)(F)F)N1c1ccccc1. The van der Waals surface area contributed by atoms with Crippen molar-refractivity contribution in [1.29, 1.82) is 0 Å². The Labute approximate surface area is 146 Å². The van der Waals surface area contributed by atoms with Crippen molar-refractivity contribution in [3.05, 3.63) is 77.9 Å². The number of anilines is 2. The molecule has 1 amide bonds. The summed E-state index contributed by atoms with van der Waals surface area (Å²) in [6.07, 6.45) is -0.228. The third-order valence-corrected chi connectivity index (χ3v) is 4.11. The predicted octanol–water partition coefficient (Wildman–Crippen LogP) is 4.65. The molecule has 0 saturated carbocycles. The van der Waals surface area contributed by atoms with E-state index in [-0.39, 0.29) is 16.8 Å². The molecule has 7 heteroatoms. The number of nitrogens with one attached hydrogen (secondary N) is 1. The highest BCUT2D eigenvalue weighted by Gasteiger charge is 2.42. The van der Waals surface area contributed by atoms with Crippen molar-refractivity contribution in [3.63, 3.8) is 0 Å². The summed E-state index contributed by atoms with van der Waals surface area (Å²) in [5.41, 5.74) is -0.327. The lowest BCUT2D eigenvalue weighted by Crippen LogP contribution is -2.20. The molecular formula is C19H12F3N3O. The molecule has 2 aromatic carbocycles. The number of fused-ring (bicyclic) bond motifs is 1. The molecule has 0 bridgehead atoms. The van der Waals surface area contributed by atoms with Gasteiger partial charge in [-0.3, -0.25) is 9.69 Å². The van der Waals surface area contributed by atoms with E-state index in [1.54, 1.807) is 30.3 Å². The van der Waals surface area contributed by atoms with E-state index >= 15 is 0 Å². The number of aromatic nitrogens is 2. The summed E-state index contributed by atoms with van der Waals surface area (Å²) in [6.45, 7) is 0. The molecule has 3 aromatic rings. The first kappa shape index (κ1) is 16.1. The molecule has 0 atom stereocenters. The summed E-state index contributed by atoms with van der Waals surface area (Å²) >= 11 is 0. The van der Waals surface area contributed by atoms with E-state index in [0.717, 1.165) is 6.07 Å². The van der Waals surface area contributed by atoms with Crippen LogP contribution in [-0.2, 0) is 11.0 Å². The molecule has 0 aliphatic carbocycles. The Kier molecular flexibility index (Phi) is 3.64. The third-order valence-electron chi connectivity index (χ3n) is 4.11. The summed E-state index contributed by atoms with van der Waals surface area (Å²) in [6, 6.07) is 12.4. The van der Waals surface area contributed by atoms with Crippen molar-refractivity contribution in [2.75, 3.05) is 4.90 Å². The molecule has 1 aromatic heterocycles. The number of benzene rings is 2. The molecule has 2 heterocycles. The van der Waals surface area contributed by atoms with E-state index < -0.39 is 17.6 Å². The van der Waals surface area contributed by atoms with Gasteiger partial charge in [0.1, 0.15) is 5.82 Å². The fourth-order valence-electron chi connectivity index (χ4n) is 3.04. The van der Waals surface area contributed by atoms with Crippen LogP contribution in [0.4, 0.5) is 24.5 Å². The molecule has 1 aliphatic heterocycles. The second-order valence-electron chi connectivity index (χ2n) is 5.71. The number of carbonyl (C=O) groups excluding carboxylic acids is 1. The van der Waals surface area contributed by atoms with Crippen molar-refractivity contribution in [2.24, 2.45) is 0 Å². The minimum absolute atomic E-state index is 0.0493. The number of amides is 1. The molecule has 0 fully saturated rings. The van der Waals surface area contributed by atoms with E-state index in [4.69, 9.17) is 0 Å². The minimum atomic E-state index is -4.58. The Morgan fingerprint density at radius 2 is 1.81 bits per heavy atom. The summed E-state index contributed by atoms with van der Waals surface area (Å²) < 4.78 is 40.7. The van der Waals surface area contributed by atoms with Crippen LogP contribution in [-0.4, -0.2) is 15.9 Å². The van der Waals surface area contributed by atoms with Crippen molar-refractivity contribution in [3.8, 4) is 0 Å². The second-order valence-corrected chi connectivity index (χ2v) is 5.71. The number of halogens is 3. The minimum Gasteiger partial charge on any atom is -0.345 e. The Balaban J connectivity index is 1.99. The van der Waals surface area contributed by atoms with Crippen LogP contribution in [0.15, 0.2) is 60.9 Å². The molecule has 0 saturated heterocycles. The largest absolute Gasteiger partial charge is 0.417 e. The first-order valence-electron chi connectivity index (χ1n) is 7.78. The van der Waals surface area contributed by atoms with Gasteiger partial charge in [-0.15, -0.1) is 0 Å². The zero-order valence-corrected chi connectivity index (χ0v) is 13.3. The van der Waals surface area contributed by atoms with E-state index in [0.29, 0.717) is 11.5 Å². The predicted molar refractivity (Wildman–Crippen MR) is 91.5 cm³/mol. The van der Waals surface area contributed by atoms with Gasteiger partial charge in [0.05, 0.1) is 16.8 Å². The fraction of sp³-hybridized carbons (Fsp3) is 0.0526. The Morgan fingerprint density at radius 3 is 2.46 bits per heavy atom. The topological polar surface area (TPSA) is 49.0 Å². The number of hydrogen-bond acceptors (Lipinski definition) is 2. The van der Waals surface area contributed by atoms with Crippen LogP contribution in [0.1, 0.15) is 17.0 Å². The monoisotopic (exact) mass is 355 g/mol. The Bertz CT molecular complexity index is 993. The number of rotatable bonds is 2. The van der Waals surface area contributed by atoms with Gasteiger partial charge in [0.2, 0.25) is 0 Å². The molecule has 26 heavy (non-hydrogen) atoms. The van der Waals surface area contributed by atoms with Crippen LogP contribution in [0, 0.1) is 0 Å². The normalized spacial score (nSPS) is 15.6. The molecule has 0 radical (unpaired) electrons. The first-order chi connectivity index (χ1) is 12.5. The van der Waals surface area contributed by atoms with Gasteiger partial charge in [0, 0.05) is 23.6 Å². The lowest BCUT2D eigenvalue weighted by atomic mass is 9.99. The highest BCUT2D eigenvalue weighted by molar-refractivity contribution is 6.38. The molecule has 4 rings (SSSR count). The van der Waals surface area contributed by atoms with Gasteiger partial charge >= 0.3 is 6.18 Å². The molecule has 0 unspecified atom stereocenters. The molecular weight excluding hydrogens is 343 g/mol. The number of alkyl halides is 3. The highest BCUT2D eigenvalue weighted by Crippen LogP contribution is 2.47. The maximum absolute atomic E-state index is 13.6. The average Bonchev–Trinajstić information content (AvgIpc) is 3.22. The van der Waals surface area contributed by atoms with Crippen LogP contribution in [0.25, 0.3) is 11.6 Å². The molecule has 130 valence electrons. The van der Waals surface area contributed by atoms with Crippen LogP contribution >= 0.6 is 0 Å². The lowest BCUT2D eigenvalue weighted by molar-refractivity contribution is -0.137. The number of imidazole rings is 1. The number of aromatic amines is 1. The Hall–Kier alpha value is -3.35. The molecule has 1 aliphatic rings. The summed E-state index contributed by atoms with van der Waals surface area (Å²) in [5.74, 6) is -0.217. The van der Waals surface area contributed by atoms with Crippen molar-refractivity contribution < 1.29 is 18.0 Å². The van der Waals surface area contributed by atoms with Crippen LogP contribution in [0.5, 0.6) is 0 Å². The lowest BCUT2D eigenvalue weighted by Gasteiger charge is -2.17. The first-order valence-corrected chi connectivity index (χ1v) is 7.78. The van der Waals surface area contributed by atoms with E-state index in [1.165, 1.54) is 35.5 Å². The molecule has 0 spiro atoms. The van der Waals surface area contributed by atoms with Crippen molar-refractivity contribution in [2.45, 2.75) is 6.18 Å². The number of nitrogens with zero attached hydrogens (tertiary/aromatic N) is 2. The zero-order valence-electron chi connectivity index (χ0n) is 13.3. The van der Waals surface area contributed by atoms with Crippen LogP contribution in [0.3, 0.4) is 0 Å². The van der Waals surface area contributed by atoms with Crippen molar-refractivity contribution >= 4 is 28.9 Å². The Morgan fingerprint density at radius 1 is 1.04 bits per heavy atom. The standard InChI is InChI=1S/C19H12F3N3O/c20-19(21,22)14-7-4-8-15-17(14)13(11-16-23-9-10-24-16)18(26)25(15)12-5-2-1-3-6-12/h1-11H,(H,23,24). The van der Waals surface area contributed by atoms with E-state index in [2.05, 4.69) is 9.97 Å². The summed E-state index contributed by atoms with van der Waals surface area (Å²) in [4.78, 5) is 21.1. The fourth-order valence-corrected chi connectivity index (χ4v) is 3.04. The number of hydrogen-bond donors (Lipinski definition) is 1. The number of carbonyl (C=O) groups is 1. The second kappa shape index (κ2) is 5.87. The summed E-state index contributed by atoms with van der Waals surface area (Å²) in [5, 5.41) is 0. The summed E-state index contributed by atoms with van der Waals surface area (Å²) in [7, 11) is 0. The van der Waals surface area contributed by atoms with Gasteiger partial charge in [-0.05, 0) is 30.3 Å². The maximum Gasteiger partial charge on any atom is 0.417 e. The molecule has 4 nitrogen and oxygen atoms in total. The molecule has 1 N–H and O–H groups in total. The zero-order chi connectivity index (χ0) is 18.3. The number of para-hydroxylation sites is 1. The van der Waals surface area contributed by atoms with Crippen molar-refractivity contribution in [1.82, 2.24) is 9.97 Å². The van der Waals surface area contributed by atoms with Gasteiger partial charge in [-0.2, -0.15) is 13.2 Å².